The summed E-state index contributed by atoms with van der Waals surface area (Å²) in [5.41, 5.74) is 8.97. The Bertz CT molecular complexity index is 696. The summed E-state index contributed by atoms with van der Waals surface area (Å²) in [6.07, 6.45) is 0. The maximum Gasteiger partial charge on any atom is 0.316 e. The second-order valence-corrected chi connectivity index (χ2v) is 4.82. The molecule has 5 nitrogen and oxygen atoms in total. The van der Waals surface area contributed by atoms with Crippen molar-refractivity contribution in [3.8, 4) is 0 Å². The summed E-state index contributed by atoms with van der Waals surface area (Å²) >= 11 is 0. The SMILES string of the molecule is Cc1ccc(C(=O)Nc2cccc(NC(N)=O)c2)cc1C. The number of aryl methyl sites for hydroxylation is 2. The zero-order valence-electron chi connectivity index (χ0n) is 11.9. The van der Waals surface area contributed by atoms with Gasteiger partial charge in [-0.05, 0) is 55.3 Å². The van der Waals surface area contributed by atoms with E-state index in [9.17, 15) is 9.59 Å². The van der Waals surface area contributed by atoms with Crippen molar-refractivity contribution < 1.29 is 9.59 Å². The molecule has 0 aliphatic carbocycles. The Morgan fingerprint density at radius 2 is 1.57 bits per heavy atom. The van der Waals surface area contributed by atoms with Crippen molar-refractivity contribution in [3.63, 3.8) is 0 Å². The molecule has 2 rings (SSSR count). The van der Waals surface area contributed by atoms with Crippen molar-refractivity contribution in [1.82, 2.24) is 0 Å². The van der Waals surface area contributed by atoms with Gasteiger partial charge in [-0.25, -0.2) is 4.79 Å². The second kappa shape index (κ2) is 6.09. The van der Waals surface area contributed by atoms with Crippen LogP contribution in [0.2, 0.25) is 0 Å². The number of amides is 3. The Balaban J connectivity index is 2.15. The number of nitrogens with two attached hydrogens (primary N) is 1. The third-order valence-electron chi connectivity index (χ3n) is 3.16. The van der Waals surface area contributed by atoms with E-state index in [4.69, 9.17) is 5.73 Å². The number of benzene rings is 2. The highest BCUT2D eigenvalue weighted by Crippen LogP contribution is 2.17. The minimum absolute atomic E-state index is 0.200. The molecule has 0 saturated carbocycles. The van der Waals surface area contributed by atoms with E-state index in [1.807, 2.05) is 26.0 Å². The van der Waals surface area contributed by atoms with Crippen molar-refractivity contribution >= 4 is 23.3 Å². The van der Waals surface area contributed by atoms with E-state index < -0.39 is 6.03 Å². The second-order valence-electron chi connectivity index (χ2n) is 4.82. The molecule has 108 valence electrons. The van der Waals surface area contributed by atoms with E-state index in [-0.39, 0.29) is 5.91 Å². The number of nitrogens with one attached hydrogen (secondary N) is 2. The number of primary amides is 1. The van der Waals surface area contributed by atoms with E-state index in [0.717, 1.165) is 11.1 Å². The summed E-state index contributed by atoms with van der Waals surface area (Å²) in [6.45, 7) is 3.96. The highest BCUT2D eigenvalue weighted by atomic mass is 16.2. The minimum atomic E-state index is -0.646. The van der Waals surface area contributed by atoms with E-state index in [2.05, 4.69) is 10.6 Å². The Morgan fingerprint density at radius 1 is 0.905 bits per heavy atom. The quantitative estimate of drug-likeness (QED) is 0.808. The first-order valence-electron chi connectivity index (χ1n) is 6.51. The third-order valence-corrected chi connectivity index (χ3v) is 3.16. The van der Waals surface area contributed by atoms with Crippen LogP contribution in [-0.4, -0.2) is 11.9 Å². The van der Waals surface area contributed by atoms with Gasteiger partial charge in [-0.3, -0.25) is 4.79 Å². The van der Waals surface area contributed by atoms with Gasteiger partial charge >= 0.3 is 6.03 Å². The maximum atomic E-state index is 12.2. The molecule has 21 heavy (non-hydrogen) atoms. The van der Waals surface area contributed by atoms with E-state index in [1.54, 1.807) is 30.3 Å². The maximum absolute atomic E-state index is 12.2. The van der Waals surface area contributed by atoms with Gasteiger partial charge in [0.1, 0.15) is 0 Å². The molecule has 0 aliphatic heterocycles. The third kappa shape index (κ3) is 3.82. The fraction of sp³-hybridized carbons (Fsp3) is 0.125. The number of urea groups is 1. The van der Waals surface area contributed by atoms with Gasteiger partial charge in [0.25, 0.3) is 5.91 Å². The molecule has 0 fully saturated rings. The van der Waals surface area contributed by atoms with E-state index in [0.29, 0.717) is 16.9 Å². The van der Waals surface area contributed by atoms with Crippen molar-refractivity contribution in [2.24, 2.45) is 5.73 Å². The average molecular weight is 283 g/mol. The first kappa shape index (κ1) is 14.6. The first-order chi connectivity index (χ1) is 9.95. The normalized spacial score (nSPS) is 10.0. The molecule has 4 N–H and O–H groups in total. The number of hydrogen-bond donors (Lipinski definition) is 3. The zero-order valence-corrected chi connectivity index (χ0v) is 11.9. The zero-order chi connectivity index (χ0) is 15.4. The number of hydrogen-bond acceptors (Lipinski definition) is 2. The van der Waals surface area contributed by atoms with Crippen molar-refractivity contribution in [2.75, 3.05) is 10.6 Å². The summed E-state index contributed by atoms with van der Waals surface area (Å²) in [6, 6.07) is 11.7. The molecule has 0 spiro atoms. The first-order valence-corrected chi connectivity index (χ1v) is 6.51. The molecule has 5 heteroatoms. The Hall–Kier alpha value is -2.82. The highest BCUT2D eigenvalue weighted by molar-refractivity contribution is 6.04. The topological polar surface area (TPSA) is 84.2 Å². The molecule has 0 unspecified atom stereocenters. The standard InChI is InChI=1S/C16H17N3O2/c1-10-6-7-12(8-11(10)2)15(20)18-13-4-3-5-14(9-13)19-16(17)21/h3-9H,1-2H3,(H,18,20)(H3,17,19,21). The fourth-order valence-electron chi connectivity index (χ4n) is 1.90. The summed E-state index contributed by atoms with van der Waals surface area (Å²) in [5, 5.41) is 5.25. The smallest absolute Gasteiger partial charge is 0.316 e. The number of carbonyl (C=O) groups excluding carboxylic acids is 2. The molecule has 0 heterocycles. The van der Waals surface area contributed by atoms with Crippen molar-refractivity contribution in [3.05, 3.63) is 59.2 Å². The van der Waals surface area contributed by atoms with Gasteiger partial charge in [-0.15, -0.1) is 0 Å². The molecule has 2 aromatic rings. The summed E-state index contributed by atoms with van der Waals surface area (Å²) in [4.78, 5) is 23.0. The van der Waals surface area contributed by atoms with Crippen LogP contribution in [0.15, 0.2) is 42.5 Å². The highest BCUT2D eigenvalue weighted by Gasteiger charge is 2.07. The van der Waals surface area contributed by atoms with Gasteiger partial charge in [-0.2, -0.15) is 0 Å². The summed E-state index contributed by atoms with van der Waals surface area (Å²) in [5.74, 6) is -0.200. The van der Waals surface area contributed by atoms with Crippen molar-refractivity contribution in [2.45, 2.75) is 13.8 Å². The largest absolute Gasteiger partial charge is 0.351 e. The van der Waals surface area contributed by atoms with Crippen LogP contribution in [0.1, 0.15) is 21.5 Å². The van der Waals surface area contributed by atoms with Gasteiger partial charge in [0.05, 0.1) is 0 Å². The number of rotatable bonds is 3. The molecule has 0 aromatic heterocycles. The molecule has 0 radical (unpaired) electrons. The molecular formula is C16H17N3O2. The molecule has 2 aromatic carbocycles. The molecule has 0 atom stereocenters. The van der Waals surface area contributed by atoms with Gasteiger partial charge in [-0.1, -0.05) is 12.1 Å². The molecule has 3 amide bonds. The van der Waals surface area contributed by atoms with Gasteiger partial charge in [0.2, 0.25) is 0 Å². The summed E-state index contributed by atoms with van der Waals surface area (Å²) in [7, 11) is 0. The van der Waals surface area contributed by atoms with Crippen LogP contribution in [-0.2, 0) is 0 Å². The van der Waals surface area contributed by atoms with Crippen LogP contribution in [0.3, 0.4) is 0 Å². The van der Waals surface area contributed by atoms with E-state index >= 15 is 0 Å². The lowest BCUT2D eigenvalue weighted by Gasteiger charge is -2.09. The van der Waals surface area contributed by atoms with Crippen LogP contribution >= 0.6 is 0 Å². The van der Waals surface area contributed by atoms with Crippen LogP contribution in [0, 0.1) is 13.8 Å². The number of anilines is 2. The van der Waals surface area contributed by atoms with Gasteiger partial charge in [0.15, 0.2) is 0 Å². The Morgan fingerprint density at radius 3 is 2.19 bits per heavy atom. The van der Waals surface area contributed by atoms with Crippen LogP contribution in [0.4, 0.5) is 16.2 Å². The van der Waals surface area contributed by atoms with Gasteiger partial charge in [0, 0.05) is 16.9 Å². The molecule has 0 aliphatic rings. The number of carbonyl (C=O) groups is 2. The van der Waals surface area contributed by atoms with Crippen LogP contribution in [0.5, 0.6) is 0 Å². The minimum Gasteiger partial charge on any atom is -0.351 e. The Kier molecular flexibility index (Phi) is 4.23. The summed E-state index contributed by atoms with van der Waals surface area (Å²) < 4.78 is 0. The monoisotopic (exact) mass is 283 g/mol. The molecule has 0 saturated heterocycles. The predicted molar refractivity (Wildman–Crippen MR) is 83.5 cm³/mol. The molecule has 0 bridgehead atoms. The van der Waals surface area contributed by atoms with E-state index in [1.165, 1.54) is 0 Å². The van der Waals surface area contributed by atoms with Crippen LogP contribution < -0.4 is 16.4 Å². The lowest BCUT2D eigenvalue weighted by Crippen LogP contribution is -2.19. The molecular weight excluding hydrogens is 266 g/mol. The van der Waals surface area contributed by atoms with Gasteiger partial charge < -0.3 is 16.4 Å². The van der Waals surface area contributed by atoms with Crippen LogP contribution in [0.25, 0.3) is 0 Å². The fourth-order valence-corrected chi connectivity index (χ4v) is 1.90. The average Bonchev–Trinajstić information content (AvgIpc) is 2.41. The lowest BCUT2D eigenvalue weighted by molar-refractivity contribution is 0.102. The van der Waals surface area contributed by atoms with Crippen molar-refractivity contribution in [1.29, 1.82) is 0 Å². The predicted octanol–water partition coefficient (Wildman–Crippen LogP) is 3.05. The lowest BCUT2D eigenvalue weighted by atomic mass is 10.1. The Labute approximate surface area is 123 Å².